The molecule has 0 unspecified atom stereocenters. The fourth-order valence-electron chi connectivity index (χ4n) is 1.15. The van der Waals surface area contributed by atoms with Crippen molar-refractivity contribution in [3.63, 3.8) is 0 Å². The Kier molecular flexibility index (Phi) is 6.01. The number of carbonyl (C=O) groups is 1. The number of ether oxygens (including phenoxy) is 3. The maximum atomic E-state index is 11.5. The van der Waals surface area contributed by atoms with E-state index in [1.165, 1.54) is 13.2 Å². The molecule has 0 N–H and O–H groups in total. The summed E-state index contributed by atoms with van der Waals surface area (Å²) in [5, 5.41) is 0.491. The van der Waals surface area contributed by atoms with Crippen LogP contribution in [0.2, 0.25) is 5.02 Å². The molecule has 0 saturated carbocycles. The van der Waals surface area contributed by atoms with E-state index >= 15 is 0 Å². The Hall–Kier alpha value is -0.530. The third-order valence-electron chi connectivity index (χ3n) is 1.97. The van der Waals surface area contributed by atoms with Crippen molar-refractivity contribution in [2.45, 2.75) is 0 Å². The Morgan fingerprint density at radius 2 is 2.06 bits per heavy atom. The Bertz CT molecular complexity index is 409. The van der Waals surface area contributed by atoms with Crippen LogP contribution >= 0.6 is 34.2 Å². The molecule has 0 atom stereocenters. The van der Waals surface area contributed by atoms with E-state index in [-0.39, 0.29) is 0 Å². The van der Waals surface area contributed by atoms with Gasteiger partial charge in [0.05, 0.1) is 18.7 Å². The molecule has 0 saturated heterocycles. The van der Waals surface area contributed by atoms with Crippen LogP contribution < -0.4 is 4.74 Å². The zero-order chi connectivity index (χ0) is 12.8. The first-order valence-corrected chi connectivity index (χ1v) is 6.25. The molecule has 1 aromatic rings. The van der Waals surface area contributed by atoms with Crippen LogP contribution in [0.4, 0.5) is 0 Å². The van der Waals surface area contributed by atoms with E-state index in [2.05, 4.69) is 27.3 Å². The number of methoxy groups -OCH3 is 2. The van der Waals surface area contributed by atoms with Crippen molar-refractivity contribution < 1.29 is 19.0 Å². The molecule has 0 aliphatic rings. The maximum absolute atomic E-state index is 11.5. The molecule has 0 aliphatic carbocycles. The number of rotatable bonds is 5. The van der Waals surface area contributed by atoms with Gasteiger partial charge in [-0.25, -0.2) is 4.79 Å². The molecule has 0 amide bonds. The van der Waals surface area contributed by atoms with Crippen LogP contribution in [-0.4, -0.2) is 33.4 Å². The van der Waals surface area contributed by atoms with Gasteiger partial charge in [-0.2, -0.15) is 0 Å². The van der Waals surface area contributed by atoms with E-state index in [0.29, 0.717) is 29.5 Å². The van der Waals surface area contributed by atoms with Crippen molar-refractivity contribution in [1.82, 2.24) is 0 Å². The van der Waals surface area contributed by atoms with E-state index in [9.17, 15) is 4.79 Å². The highest BCUT2D eigenvalue weighted by Crippen LogP contribution is 2.28. The van der Waals surface area contributed by atoms with E-state index in [1.54, 1.807) is 13.2 Å². The average molecular weight is 371 g/mol. The number of benzene rings is 1. The second-order valence-corrected chi connectivity index (χ2v) is 4.66. The van der Waals surface area contributed by atoms with Crippen molar-refractivity contribution in [2.24, 2.45) is 0 Å². The van der Waals surface area contributed by atoms with Crippen LogP contribution in [0.15, 0.2) is 12.1 Å². The topological polar surface area (TPSA) is 44.8 Å². The fourth-order valence-corrected chi connectivity index (χ4v) is 1.75. The molecule has 0 bridgehead atoms. The second kappa shape index (κ2) is 7.03. The zero-order valence-electron chi connectivity index (χ0n) is 9.46. The van der Waals surface area contributed by atoms with Crippen molar-refractivity contribution in [3.8, 4) is 5.75 Å². The molecule has 4 nitrogen and oxygen atoms in total. The molecule has 17 heavy (non-hydrogen) atoms. The molecule has 0 fully saturated rings. The van der Waals surface area contributed by atoms with Gasteiger partial charge < -0.3 is 14.2 Å². The Balaban J connectivity index is 2.99. The largest absolute Gasteiger partial charge is 0.490 e. The van der Waals surface area contributed by atoms with Gasteiger partial charge in [-0.05, 0) is 34.7 Å². The summed E-state index contributed by atoms with van der Waals surface area (Å²) in [4.78, 5) is 11.5. The Labute approximate surface area is 118 Å². The predicted molar refractivity (Wildman–Crippen MR) is 72.9 cm³/mol. The minimum Gasteiger partial charge on any atom is -0.490 e. The van der Waals surface area contributed by atoms with Crippen molar-refractivity contribution >= 4 is 40.2 Å². The quantitative estimate of drug-likeness (QED) is 0.454. The lowest BCUT2D eigenvalue weighted by atomic mass is 10.2. The van der Waals surface area contributed by atoms with Crippen molar-refractivity contribution in [3.05, 3.63) is 26.3 Å². The van der Waals surface area contributed by atoms with Crippen LogP contribution in [0.3, 0.4) is 0 Å². The van der Waals surface area contributed by atoms with Crippen LogP contribution in [0.25, 0.3) is 0 Å². The third kappa shape index (κ3) is 4.01. The van der Waals surface area contributed by atoms with Gasteiger partial charge in [0.25, 0.3) is 0 Å². The lowest BCUT2D eigenvalue weighted by Crippen LogP contribution is -2.10. The van der Waals surface area contributed by atoms with E-state index < -0.39 is 5.97 Å². The number of esters is 1. The number of carbonyl (C=O) groups excluding carboxylic acids is 1. The average Bonchev–Trinajstić information content (AvgIpc) is 2.32. The van der Waals surface area contributed by atoms with Crippen LogP contribution in [-0.2, 0) is 9.47 Å². The molecule has 0 radical (unpaired) electrons. The highest BCUT2D eigenvalue weighted by molar-refractivity contribution is 14.1. The standard InChI is InChI=1S/C11H12ClIO4/c1-15-3-4-17-10-6-9(13)8(12)5-7(10)11(14)16-2/h5-6H,3-4H2,1-2H3. The van der Waals surface area contributed by atoms with Crippen LogP contribution in [0.1, 0.15) is 10.4 Å². The SMILES string of the molecule is COCCOc1cc(I)c(Cl)cc1C(=O)OC. The molecule has 94 valence electrons. The molecule has 0 heterocycles. The summed E-state index contributed by atoms with van der Waals surface area (Å²) < 4.78 is 15.8. The summed E-state index contributed by atoms with van der Waals surface area (Å²) in [6.07, 6.45) is 0. The highest BCUT2D eigenvalue weighted by atomic mass is 127. The summed E-state index contributed by atoms with van der Waals surface area (Å²) in [7, 11) is 2.89. The van der Waals surface area contributed by atoms with Gasteiger partial charge in [0.2, 0.25) is 0 Å². The minimum atomic E-state index is -0.476. The Morgan fingerprint density at radius 1 is 1.35 bits per heavy atom. The van der Waals surface area contributed by atoms with Gasteiger partial charge in [-0.1, -0.05) is 11.6 Å². The van der Waals surface area contributed by atoms with E-state index in [4.69, 9.17) is 21.1 Å². The van der Waals surface area contributed by atoms with Crippen molar-refractivity contribution in [1.29, 1.82) is 0 Å². The summed E-state index contributed by atoms with van der Waals surface area (Å²) >= 11 is 8.02. The van der Waals surface area contributed by atoms with Crippen LogP contribution in [0, 0.1) is 3.57 Å². The molecule has 0 aliphatic heterocycles. The van der Waals surface area contributed by atoms with Gasteiger partial charge >= 0.3 is 5.97 Å². The lowest BCUT2D eigenvalue weighted by molar-refractivity contribution is 0.0593. The first kappa shape index (κ1) is 14.5. The summed E-state index contributed by atoms with van der Waals surface area (Å²) in [6.45, 7) is 0.804. The number of halogens is 2. The predicted octanol–water partition coefficient (Wildman–Crippen LogP) is 2.76. The fraction of sp³-hybridized carbons (Fsp3) is 0.364. The molecule has 1 rings (SSSR count). The molecule has 0 spiro atoms. The monoisotopic (exact) mass is 370 g/mol. The summed E-state index contributed by atoms with van der Waals surface area (Å²) in [5.41, 5.74) is 0.314. The summed E-state index contributed by atoms with van der Waals surface area (Å²) in [5.74, 6) is -0.0292. The first-order chi connectivity index (χ1) is 8.10. The minimum absolute atomic E-state index is 0.314. The highest BCUT2D eigenvalue weighted by Gasteiger charge is 2.15. The van der Waals surface area contributed by atoms with Gasteiger partial charge in [0, 0.05) is 10.7 Å². The smallest absolute Gasteiger partial charge is 0.341 e. The molecule has 6 heteroatoms. The van der Waals surface area contributed by atoms with E-state index in [1.807, 2.05) is 0 Å². The van der Waals surface area contributed by atoms with E-state index in [0.717, 1.165) is 3.57 Å². The molecule has 0 aromatic heterocycles. The number of hydrogen-bond donors (Lipinski definition) is 0. The zero-order valence-corrected chi connectivity index (χ0v) is 12.4. The van der Waals surface area contributed by atoms with Gasteiger partial charge in [-0.15, -0.1) is 0 Å². The normalized spacial score (nSPS) is 10.1. The lowest BCUT2D eigenvalue weighted by Gasteiger charge is -2.11. The number of hydrogen-bond acceptors (Lipinski definition) is 4. The van der Waals surface area contributed by atoms with Crippen LogP contribution in [0.5, 0.6) is 5.75 Å². The van der Waals surface area contributed by atoms with Crippen molar-refractivity contribution in [2.75, 3.05) is 27.4 Å². The first-order valence-electron chi connectivity index (χ1n) is 4.79. The third-order valence-corrected chi connectivity index (χ3v) is 3.50. The second-order valence-electron chi connectivity index (χ2n) is 3.10. The molecule has 1 aromatic carbocycles. The Morgan fingerprint density at radius 3 is 2.65 bits per heavy atom. The summed E-state index contributed by atoms with van der Waals surface area (Å²) in [6, 6.07) is 3.24. The van der Waals surface area contributed by atoms with Gasteiger partial charge in [0.15, 0.2) is 0 Å². The molecular formula is C11H12ClIO4. The van der Waals surface area contributed by atoms with Gasteiger partial charge in [-0.3, -0.25) is 0 Å². The molecular weight excluding hydrogens is 358 g/mol. The van der Waals surface area contributed by atoms with Gasteiger partial charge in [0.1, 0.15) is 17.9 Å². The maximum Gasteiger partial charge on any atom is 0.341 e.